The number of ether oxygens (including phenoxy) is 1. The lowest BCUT2D eigenvalue weighted by atomic mass is 10.1. The molecule has 5 nitrogen and oxygen atoms in total. The number of likely N-dealkylation sites (N-methyl/N-ethyl adjacent to an activating group) is 1. The number of benzene rings is 1. The van der Waals surface area contributed by atoms with Crippen molar-refractivity contribution >= 4 is 5.91 Å². The van der Waals surface area contributed by atoms with Crippen LogP contribution in [0.5, 0.6) is 0 Å². The van der Waals surface area contributed by atoms with Gasteiger partial charge in [-0.3, -0.25) is 9.69 Å². The topological polar surface area (TPSA) is 53.6 Å². The molecule has 0 aliphatic carbocycles. The molecule has 0 bridgehead atoms. The van der Waals surface area contributed by atoms with Crippen LogP contribution < -0.4 is 10.6 Å². The predicted molar refractivity (Wildman–Crippen MR) is 97.2 cm³/mol. The van der Waals surface area contributed by atoms with Gasteiger partial charge in [-0.2, -0.15) is 0 Å². The van der Waals surface area contributed by atoms with Gasteiger partial charge in [-0.05, 0) is 45.0 Å². The zero-order valence-electron chi connectivity index (χ0n) is 15.3. The highest BCUT2D eigenvalue weighted by Crippen LogP contribution is 2.14. The van der Waals surface area contributed by atoms with Crippen LogP contribution in [0.3, 0.4) is 0 Å². The summed E-state index contributed by atoms with van der Waals surface area (Å²) < 4.78 is 5.77. The van der Waals surface area contributed by atoms with Gasteiger partial charge in [0.2, 0.25) is 0 Å². The number of nitrogens with one attached hydrogen (secondary N) is 2. The van der Waals surface area contributed by atoms with E-state index in [0.29, 0.717) is 12.1 Å². The summed E-state index contributed by atoms with van der Waals surface area (Å²) >= 11 is 0. The summed E-state index contributed by atoms with van der Waals surface area (Å²) in [5.41, 5.74) is 1.94. The van der Waals surface area contributed by atoms with E-state index in [2.05, 4.69) is 43.2 Å². The molecular formula is C19H31N3O2. The second kappa shape index (κ2) is 9.16. The molecule has 24 heavy (non-hydrogen) atoms. The molecule has 0 spiro atoms. The second-order valence-electron chi connectivity index (χ2n) is 6.82. The van der Waals surface area contributed by atoms with E-state index >= 15 is 0 Å². The zero-order chi connectivity index (χ0) is 17.5. The number of hydrogen-bond donors (Lipinski definition) is 2. The van der Waals surface area contributed by atoms with Crippen molar-refractivity contribution in [1.29, 1.82) is 0 Å². The van der Waals surface area contributed by atoms with Crippen molar-refractivity contribution in [2.45, 2.75) is 52.5 Å². The van der Waals surface area contributed by atoms with Crippen LogP contribution in [0.1, 0.15) is 43.6 Å². The van der Waals surface area contributed by atoms with Gasteiger partial charge in [-0.1, -0.05) is 19.1 Å². The Hall–Kier alpha value is -1.43. The third kappa shape index (κ3) is 5.89. The van der Waals surface area contributed by atoms with Crippen LogP contribution in [-0.4, -0.2) is 55.2 Å². The van der Waals surface area contributed by atoms with E-state index in [0.717, 1.165) is 26.2 Å². The maximum atomic E-state index is 12.2. The van der Waals surface area contributed by atoms with Crippen molar-refractivity contribution in [1.82, 2.24) is 15.5 Å². The van der Waals surface area contributed by atoms with Crippen molar-refractivity contribution in [2.75, 3.05) is 26.2 Å². The molecule has 1 amide bonds. The van der Waals surface area contributed by atoms with E-state index in [1.54, 1.807) is 0 Å². The lowest BCUT2D eigenvalue weighted by molar-refractivity contribution is -0.0704. The molecule has 2 rings (SSSR count). The Balaban J connectivity index is 1.85. The molecule has 134 valence electrons. The first-order valence-corrected chi connectivity index (χ1v) is 8.96. The molecule has 2 N–H and O–H groups in total. The maximum absolute atomic E-state index is 12.2. The van der Waals surface area contributed by atoms with Crippen molar-refractivity contribution < 1.29 is 9.53 Å². The van der Waals surface area contributed by atoms with Crippen LogP contribution >= 0.6 is 0 Å². The molecule has 1 aromatic carbocycles. The zero-order valence-corrected chi connectivity index (χ0v) is 15.3. The number of nitrogens with zero attached hydrogens (tertiary/aromatic N) is 1. The molecule has 3 atom stereocenters. The van der Waals surface area contributed by atoms with Crippen LogP contribution in [0, 0.1) is 0 Å². The highest BCUT2D eigenvalue weighted by molar-refractivity contribution is 5.94. The minimum absolute atomic E-state index is 0.0140. The number of carbonyl (C=O) groups is 1. The first-order chi connectivity index (χ1) is 11.5. The number of carbonyl (C=O) groups excluding carboxylic acids is 1. The first-order valence-electron chi connectivity index (χ1n) is 8.96. The molecule has 1 fully saturated rings. The van der Waals surface area contributed by atoms with Gasteiger partial charge in [-0.15, -0.1) is 0 Å². The largest absolute Gasteiger partial charge is 0.373 e. The average Bonchev–Trinajstić information content (AvgIpc) is 2.52. The van der Waals surface area contributed by atoms with Gasteiger partial charge in [0.15, 0.2) is 0 Å². The third-order valence-corrected chi connectivity index (χ3v) is 4.24. The molecular weight excluding hydrogens is 302 g/mol. The molecule has 2 unspecified atom stereocenters. The van der Waals surface area contributed by atoms with Crippen molar-refractivity contribution in [3.8, 4) is 0 Å². The van der Waals surface area contributed by atoms with Gasteiger partial charge in [-0.25, -0.2) is 0 Å². The van der Waals surface area contributed by atoms with E-state index in [-0.39, 0.29) is 24.2 Å². The quantitative estimate of drug-likeness (QED) is 0.802. The number of hydrogen-bond acceptors (Lipinski definition) is 4. The van der Waals surface area contributed by atoms with Crippen molar-refractivity contribution in [3.63, 3.8) is 0 Å². The Morgan fingerprint density at radius 2 is 1.88 bits per heavy atom. The van der Waals surface area contributed by atoms with E-state index in [9.17, 15) is 4.79 Å². The summed E-state index contributed by atoms with van der Waals surface area (Å²) in [6, 6.07) is 8.20. The molecule has 1 saturated heterocycles. The SMILES string of the molecule is CCN[C@H](C)CNC(=O)c1ccc(CN2CC(C)OC(C)C2)cc1. The molecule has 5 heteroatoms. The molecule has 1 aromatic rings. The number of amides is 1. The summed E-state index contributed by atoms with van der Waals surface area (Å²) in [4.78, 5) is 14.6. The monoisotopic (exact) mass is 333 g/mol. The Labute approximate surface area is 145 Å². The van der Waals surface area contributed by atoms with Crippen LogP contribution in [-0.2, 0) is 11.3 Å². The second-order valence-corrected chi connectivity index (χ2v) is 6.82. The smallest absolute Gasteiger partial charge is 0.251 e. The highest BCUT2D eigenvalue weighted by atomic mass is 16.5. The van der Waals surface area contributed by atoms with E-state index in [4.69, 9.17) is 4.74 Å². The fourth-order valence-electron chi connectivity index (χ4n) is 3.20. The van der Waals surface area contributed by atoms with Gasteiger partial charge >= 0.3 is 0 Å². The Bertz CT molecular complexity index is 508. The fourth-order valence-corrected chi connectivity index (χ4v) is 3.20. The molecule has 1 heterocycles. The number of morpholine rings is 1. The van der Waals surface area contributed by atoms with E-state index < -0.39 is 0 Å². The predicted octanol–water partition coefficient (Wildman–Crippen LogP) is 2.02. The maximum Gasteiger partial charge on any atom is 0.251 e. The molecule has 0 radical (unpaired) electrons. The Morgan fingerprint density at radius 3 is 2.46 bits per heavy atom. The Kier molecular flexibility index (Phi) is 7.21. The normalized spacial score (nSPS) is 23.0. The first kappa shape index (κ1) is 18.9. The van der Waals surface area contributed by atoms with Gasteiger partial charge in [0.05, 0.1) is 12.2 Å². The summed E-state index contributed by atoms with van der Waals surface area (Å²) in [6.45, 7) is 12.7. The van der Waals surface area contributed by atoms with Crippen LogP contribution in [0.2, 0.25) is 0 Å². The van der Waals surface area contributed by atoms with E-state index in [1.165, 1.54) is 5.56 Å². The summed E-state index contributed by atoms with van der Waals surface area (Å²) in [5.74, 6) is -0.0140. The standard InChI is InChI=1S/C19H31N3O2/c1-5-20-14(2)10-21-19(23)18-8-6-17(7-9-18)13-22-11-15(3)24-16(4)12-22/h6-9,14-16,20H,5,10-13H2,1-4H3,(H,21,23)/t14-,15?,16?/m1/s1. The van der Waals surface area contributed by atoms with Gasteiger partial charge < -0.3 is 15.4 Å². The molecule has 0 saturated carbocycles. The summed E-state index contributed by atoms with van der Waals surface area (Å²) in [5, 5.41) is 6.25. The average molecular weight is 333 g/mol. The fraction of sp³-hybridized carbons (Fsp3) is 0.632. The van der Waals surface area contributed by atoms with Crippen molar-refractivity contribution in [3.05, 3.63) is 35.4 Å². The van der Waals surface area contributed by atoms with Crippen LogP contribution in [0.15, 0.2) is 24.3 Å². The van der Waals surface area contributed by atoms with Crippen LogP contribution in [0.25, 0.3) is 0 Å². The Morgan fingerprint density at radius 1 is 1.25 bits per heavy atom. The molecule has 0 aromatic heterocycles. The van der Waals surface area contributed by atoms with Crippen LogP contribution in [0.4, 0.5) is 0 Å². The van der Waals surface area contributed by atoms with Gasteiger partial charge in [0, 0.05) is 37.8 Å². The van der Waals surface area contributed by atoms with Gasteiger partial charge in [0.1, 0.15) is 0 Å². The minimum atomic E-state index is -0.0140. The number of rotatable bonds is 7. The van der Waals surface area contributed by atoms with Crippen molar-refractivity contribution in [2.24, 2.45) is 0 Å². The molecule has 1 aliphatic heterocycles. The lowest BCUT2D eigenvalue weighted by Gasteiger charge is -2.35. The lowest BCUT2D eigenvalue weighted by Crippen LogP contribution is -2.44. The highest BCUT2D eigenvalue weighted by Gasteiger charge is 2.22. The van der Waals surface area contributed by atoms with E-state index in [1.807, 2.05) is 24.3 Å². The minimum Gasteiger partial charge on any atom is -0.373 e. The molecule has 1 aliphatic rings. The summed E-state index contributed by atoms with van der Waals surface area (Å²) in [6.07, 6.45) is 0.551. The third-order valence-electron chi connectivity index (χ3n) is 4.24. The summed E-state index contributed by atoms with van der Waals surface area (Å²) in [7, 11) is 0. The van der Waals surface area contributed by atoms with Gasteiger partial charge in [0.25, 0.3) is 5.91 Å².